The van der Waals surface area contributed by atoms with Crippen LogP contribution in [0, 0.1) is 0 Å². The number of H-pyrrole nitrogens is 1. The summed E-state index contributed by atoms with van der Waals surface area (Å²) in [5, 5.41) is 9.12. The molecule has 0 saturated carbocycles. The fourth-order valence-electron chi connectivity index (χ4n) is 2.74. The van der Waals surface area contributed by atoms with Gasteiger partial charge in [-0.25, -0.2) is 4.79 Å². The number of carbonyl (C=O) groups is 1. The van der Waals surface area contributed by atoms with E-state index in [0.29, 0.717) is 11.7 Å². The summed E-state index contributed by atoms with van der Waals surface area (Å²) in [5.41, 5.74) is 1.58. The van der Waals surface area contributed by atoms with Crippen molar-refractivity contribution in [1.82, 2.24) is 9.88 Å². The molecule has 2 rings (SSSR count). The zero-order chi connectivity index (χ0) is 13.7. The molecule has 106 valence electrons. The first kappa shape index (κ1) is 14.1. The molecule has 0 amide bonds. The Morgan fingerprint density at radius 3 is 3.16 bits per heavy atom. The number of ether oxygens (including phenoxy) is 1. The SMILES string of the molecule is COC(=O)c1cc(CN2CCCCC2CCO)c[nH]1. The van der Waals surface area contributed by atoms with E-state index in [4.69, 9.17) is 5.11 Å². The predicted molar refractivity (Wildman–Crippen MR) is 71.9 cm³/mol. The Labute approximate surface area is 113 Å². The average molecular weight is 266 g/mol. The summed E-state index contributed by atoms with van der Waals surface area (Å²) in [4.78, 5) is 16.7. The van der Waals surface area contributed by atoms with Gasteiger partial charge in [-0.05, 0) is 37.4 Å². The minimum absolute atomic E-state index is 0.238. The lowest BCUT2D eigenvalue weighted by Gasteiger charge is -2.35. The van der Waals surface area contributed by atoms with Gasteiger partial charge in [0.15, 0.2) is 0 Å². The number of nitrogens with one attached hydrogen (secondary N) is 1. The van der Waals surface area contributed by atoms with Gasteiger partial charge in [-0.15, -0.1) is 0 Å². The summed E-state index contributed by atoms with van der Waals surface area (Å²) in [7, 11) is 1.38. The molecule has 1 atom stereocenters. The van der Waals surface area contributed by atoms with E-state index >= 15 is 0 Å². The summed E-state index contributed by atoms with van der Waals surface area (Å²) in [6.45, 7) is 2.11. The Kier molecular flexibility index (Phi) is 4.99. The summed E-state index contributed by atoms with van der Waals surface area (Å²) in [5.74, 6) is -0.336. The normalized spacial score (nSPS) is 20.4. The van der Waals surface area contributed by atoms with Crippen LogP contribution < -0.4 is 0 Å². The van der Waals surface area contributed by atoms with Crippen molar-refractivity contribution in [2.45, 2.75) is 38.3 Å². The van der Waals surface area contributed by atoms with Crippen LogP contribution in [0.5, 0.6) is 0 Å². The highest BCUT2D eigenvalue weighted by Crippen LogP contribution is 2.22. The molecular formula is C14H22N2O3. The number of aliphatic hydroxyl groups excluding tert-OH is 1. The van der Waals surface area contributed by atoms with Crippen molar-refractivity contribution in [3.63, 3.8) is 0 Å². The Hall–Kier alpha value is -1.33. The van der Waals surface area contributed by atoms with Crippen molar-refractivity contribution in [3.05, 3.63) is 23.5 Å². The van der Waals surface area contributed by atoms with E-state index in [9.17, 15) is 4.79 Å². The summed E-state index contributed by atoms with van der Waals surface area (Å²) in [6.07, 6.45) is 6.28. The molecule has 19 heavy (non-hydrogen) atoms. The van der Waals surface area contributed by atoms with Crippen LogP contribution in [0.25, 0.3) is 0 Å². The van der Waals surface area contributed by atoms with Gasteiger partial charge in [-0.3, -0.25) is 4.90 Å². The lowest BCUT2D eigenvalue weighted by molar-refractivity contribution is 0.0594. The number of likely N-dealkylation sites (tertiary alicyclic amines) is 1. The van der Waals surface area contributed by atoms with Crippen molar-refractivity contribution < 1.29 is 14.6 Å². The molecule has 1 aliphatic heterocycles. The van der Waals surface area contributed by atoms with Crippen molar-refractivity contribution in [1.29, 1.82) is 0 Å². The van der Waals surface area contributed by atoms with Crippen LogP contribution in [0.3, 0.4) is 0 Å². The van der Waals surface area contributed by atoms with Crippen LogP contribution in [-0.2, 0) is 11.3 Å². The zero-order valence-corrected chi connectivity index (χ0v) is 11.4. The Morgan fingerprint density at radius 1 is 1.58 bits per heavy atom. The molecule has 1 saturated heterocycles. The largest absolute Gasteiger partial charge is 0.464 e. The number of aliphatic hydroxyl groups is 1. The zero-order valence-electron chi connectivity index (χ0n) is 11.4. The Balaban J connectivity index is 1.98. The van der Waals surface area contributed by atoms with E-state index in [1.807, 2.05) is 12.3 Å². The van der Waals surface area contributed by atoms with Crippen LogP contribution in [0.4, 0.5) is 0 Å². The summed E-state index contributed by atoms with van der Waals surface area (Å²) >= 11 is 0. The van der Waals surface area contributed by atoms with Crippen molar-refractivity contribution in [2.75, 3.05) is 20.3 Å². The highest BCUT2D eigenvalue weighted by atomic mass is 16.5. The Bertz CT molecular complexity index is 415. The molecule has 2 heterocycles. The third-order valence-electron chi connectivity index (χ3n) is 3.75. The first-order valence-electron chi connectivity index (χ1n) is 6.85. The number of aromatic amines is 1. The van der Waals surface area contributed by atoms with E-state index in [0.717, 1.165) is 31.5 Å². The highest BCUT2D eigenvalue weighted by molar-refractivity contribution is 5.87. The van der Waals surface area contributed by atoms with Crippen molar-refractivity contribution in [3.8, 4) is 0 Å². The fourth-order valence-corrected chi connectivity index (χ4v) is 2.74. The molecule has 1 fully saturated rings. The van der Waals surface area contributed by atoms with Gasteiger partial charge in [0.1, 0.15) is 5.69 Å². The van der Waals surface area contributed by atoms with Crippen LogP contribution in [0.2, 0.25) is 0 Å². The molecule has 2 N–H and O–H groups in total. The number of esters is 1. The van der Waals surface area contributed by atoms with Crippen LogP contribution in [0.15, 0.2) is 12.3 Å². The lowest BCUT2D eigenvalue weighted by atomic mass is 9.99. The van der Waals surface area contributed by atoms with Gasteiger partial charge in [-0.2, -0.15) is 0 Å². The van der Waals surface area contributed by atoms with Crippen LogP contribution in [-0.4, -0.2) is 47.3 Å². The van der Waals surface area contributed by atoms with E-state index in [1.54, 1.807) is 0 Å². The van der Waals surface area contributed by atoms with E-state index < -0.39 is 0 Å². The van der Waals surface area contributed by atoms with Crippen LogP contribution in [0.1, 0.15) is 41.7 Å². The molecule has 5 nitrogen and oxygen atoms in total. The second-order valence-electron chi connectivity index (χ2n) is 5.05. The molecule has 1 unspecified atom stereocenters. The maximum atomic E-state index is 11.4. The number of piperidine rings is 1. The Morgan fingerprint density at radius 2 is 2.42 bits per heavy atom. The average Bonchev–Trinajstić information content (AvgIpc) is 2.89. The number of hydrogen-bond donors (Lipinski definition) is 2. The highest BCUT2D eigenvalue weighted by Gasteiger charge is 2.22. The summed E-state index contributed by atoms with van der Waals surface area (Å²) < 4.78 is 4.68. The third-order valence-corrected chi connectivity index (χ3v) is 3.75. The molecule has 1 aromatic heterocycles. The smallest absolute Gasteiger partial charge is 0.354 e. The van der Waals surface area contributed by atoms with E-state index in [2.05, 4.69) is 14.6 Å². The quantitative estimate of drug-likeness (QED) is 0.793. The topological polar surface area (TPSA) is 65.6 Å². The maximum absolute atomic E-state index is 11.4. The van der Waals surface area contributed by atoms with Gasteiger partial charge in [0, 0.05) is 25.4 Å². The van der Waals surface area contributed by atoms with Gasteiger partial charge >= 0.3 is 5.97 Å². The van der Waals surface area contributed by atoms with Gasteiger partial charge in [0.2, 0.25) is 0 Å². The van der Waals surface area contributed by atoms with Crippen LogP contribution >= 0.6 is 0 Å². The third kappa shape index (κ3) is 3.58. The molecular weight excluding hydrogens is 244 g/mol. The molecule has 1 aromatic rings. The standard InChI is InChI=1S/C14H22N2O3/c1-19-14(18)13-8-11(9-15-13)10-16-6-3-2-4-12(16)5-7-17/h8-9,12,15,17H,2-7,10H2,1H3. The molecule has 0 aliphatic carbocycles. The number of aromatic nitrogens is 1. The van der Waals surface area contributed by atoms with E-state index in [-0.39, 0.29) is 12.6 Å². The fraction of sp³-hybridized carbons (Fsp3) is 0.643. The van der Waals surface area contributed by atoms with Gasteiger partial charge in [-0.1, -0.05) is 6.42 Å². The second kappa shape index (κ2) is 6.73. The predicted octanol–water partition coefficient (Wildman–Crippen LogP) is 1.54. The molecule has 5 heteroatoms. The first-order chi connectivity index (χ1) is 9.24. The lowest BCUT2D eigenvalue weighted by Crippen LogP contribution is -2.39. The van der Waals surface area contributed by atoms with Gasteiger partial charge < -0.3 is 14.8 Å². The second-order valence-corrected chi connectivity index (χ2v) is 5.05. The summed E-state index contributed by atoms with van der Waals surface area (Å²) in [6, 6.07) is 2.30. The number of nitrogens with zero attached hydrogens (tertiary/aromatic N) is 1. The molecule has 0 radical (unpaired) electrons. The van der Waals surface area contributed by atoms with Crippen molar-refractivity contribution >= 4 is 5.97 Å². The maximum Gasteiger partial charge on any atom is 0.354 e. The number of rotatable bonds is 5. The van der Waals surface area contributed by atoms with E-state index in [1.165, 1.54) is 20.0 Å². The minimum atomic E-state index is -0.336. The molecule has 0 bridgehead atoms. The minimum Gasteiger partial charge on any atom is -0.464 e. The number of methoxy groups -OCH3 is 1. The number of hydrogen-bond acceptors (Lipinski definition) is 4. The molecule has 0 spiro atoms. The molecule has 0 aromatic carbocycles. The number of carbonyl (C=O) groups excluding carboxylic acids is 1. The first-order valence-corrected chi connectivity index (χ1v) is 6.85. The van der Waals surface area contributed by atoms with Crippen molar-refractivity contribution in [2.24, 2.45) is 0 Å². The monoisotopic (exact) mass is 266 g/mol. The van der Waals surface area contributed by atoms with Gasteiger partial charge in [0.05, 0.1) is 7.11 Å². The molecule has 1 aliphatic rings. The van der Waals surface area contributed by atoms with Gasteiger partial charge in [0.25, 0.3) is 0 Å².